The molecule has 2 atom stereocenters. The Morgan fingerprint density at radius 1 is 1.50 bits per heavy atom. The fourth-order valence-corrected chi connectivity index (χ4v) is 2.87. The van der Waals surface area contributed by atoms with Crippen LogP contribution in [-0.4, -0.2) is 32.1 Å². The van der Waals surface area contributed by atoms with E-state index in [0.29, 0.717) is 18.2 Å². The van der Waals surface area contributed by atoms with Crippen molar-refractivity contribution in [2.75, 3.05) is 27.2 Å². The summed E-state index contributed by atoms with van der Waals surface area (Å²) in [6.45, 7) is 3.64. The van der Waals surface area contributed by atoms with Crippen LogP contribution in [0.5, 0.6) is 5.75 Å². The van der Waals surface area contributed by atoms with Gasteiger partial charge in [-0.2, -0.15) is 0 Å². The summed E-state index contributed by atoms with van der Waals surface area (Å²) in [5.74, 6) is 0.875. The summed E-state index contributed by atoms with van der Waals surface area (Å²) >= 11 is 0. The Hall–Kier alpha value is -1.13. The van der Waals surface area contributed by atoms with E-state index < -0.39 is 0 Å². The SMILES string of the molecule is COc1cc(F)cc(C2CC(CN)CN2C)c1C. The lowest BCUT2D eigenvalue weighted by Crippen LogP contribution is -2.21. The quantitative estimate of drug-likeness (QED) is 0.895. The van der Waals surface area contributed by atoms with E-state index in [9.17, 15) is 4.39 Å². The van der Waals surface area contributed by atoms with Gasteiger partial charge in [0.2, 0.25) is 0 Å². The fraction of sp³-hybridized carbons (Fsp3) is 0.571. The molecule has 1 aliphatic heterocycles. The summed E-state index contributed by atoms with van der Waals surface area (Å²) < 4.78 is 18.9. The molecule has 0 saturated carbocycles. The summed E-state index contributed by atoms with van der Waals surface area (Å²) in [7, 11) is 3.64. The minimum Gasteiger partial charge on any atom is -0.496 e. The zero-order chi connectivity index (χ0) is 13.3. The topological polar surface area (TPSA) is 38.5 Å². The van der Waals surface area contributed by atoms with Crippen LogP contribution in [0.15, 0.2) is 12.1 Å². The molecule has 2 N–H and O–H groups in total. The molecule has 0 spiro atoms. The van der Waals surface area contributed by atoms with E-state index >= 15 is 0 Å². The Morgan fingerprint density at radius 3 is 2.78 bits per heavy atom. The molecule has 1 heterocycles. The van der Waals surface area contributed by atoms with Gasteiger partial charge in [-0.1, -0.05) is 0 Å². The number of hydrogen-bond donors (Lipinski definition) is 1. The minimum absolute atomic E-state index is 0.239. The van der Waals surface area contributed by atoms with Gasteiger partial charge in [-0.25, -0.2) is 4.39 Å². The van der Waals surface area contributed by atoms with Crippen LogP contribution in [-0.2, 0) is 0 Å². The first-order valence-electron chi connectivity index (χ1n) is 6.31. The van der Waals surface area contributed by atoms with E-state index in [1.165, 1.54) is 6.07 Å². The summed E-state index contributed by atoms with van der Waals surface area (Å²) in [4.78, 5) is 2.25. The van der Waals surface area contributed by atoms with Crippen molar-refractivity contribution in [1.29, 1.82) is 0 Å². The van der Waals surface area contributed by atoms with Gasteiger partial charge in [0.05, 0.1) is 7.11 Å². The lowest BCUT2D eigenvalue weighted by molar-refractivity contribution is 0.310. The number of benzene rings is 1. The monoisotopic (exact) mass is 252 g/mol. The minimum atomic E-state index is -0.239. The summed E-state index contributed by atoms with van der Waals surface area (Å²) in [5.41, 5.74) is 7.78. The highest BCUT2D eigenvalue weighted by Crippen LogP contribution is 2.38. The predicted molar refractivity (Wildman–Crippen MR) is 70.2 cm³/mol. The maximum atomic E-state index is 13.6. The number of nitrogens with two attached hydrogens (primary N) is 1. The first-order chi connectivity index (χ1) is 8.56. The van der Waals surface area contributed by atoms with Gasteiger partial charge in [0.25, 0.3) is 0 Å². The van der Waals surface area contributed by atoms with Crippen LogP contribution in [0.2, 0.25) is 0 Å². The van der Waals surface area contributed by atoms with Gasteiger partial charge >= 0.3 is 0 Å². The average Bonchev–Trinajstić information content (AvgIpc) is 2.73. The van der Waals surface area contributed by atoms with E-state index in [1.807, 2.05) is 6.92 Å². The van der Waals surface area contributed by atoms with Gasteiger partial charge in [0.1, 0.15) is 11.6 Å². The van der Waals surface area contributed by atoms with Crippen molar-refractivity contribution in [1.82, 2.24) is 4.90 Å². The number of hydrogen-bond acceptors (Lipinski definition) is 3. The van der Waals surface area contributed by atoms with Crippen LogP contribution in [0.3, 0.4) is 0 Å². The molecule has 2 rings (SSSR count). The molecule has 0 aliphatic carbocycles. The second-order valence-electron chi connectivity index (χ2n) is 5.12. The van der Waals surface area contributed by atoms with Crippen molar-refractivity contribution in [3.63, 3.8) is 0 Å². The molecule has 0 bridgehead atoms. The first kappa shape index (κ1) is 13.3. The lowest BCUT2D eigenvalue weighted by Gasteiger charge is -2.22. The number of rotatable bonds is 3. The van der Waals surface area contributed by atoms with Crippen molar-refractivity contribution in [2.45, 2.75) is 19.4 Å². The van der Waals surface area contributed by atoms with Crippen LogP contribution < -0.4 is 10.5 Å². The van der Waals surface area contributed by atoms with Gasteiger partial charge in [-0.3, -0.25) is 4.90 Å². The van der Waals surface area contributed by atoms with Crippen LogP contribution in [0, 0.1) is 18.7 Å². The highest BCUT2D eigenvalue weighted by molar-refractivity contribution is 5.41. The van der Waals surface area contributed by atoms with Crippen molar-refractivity contribution in [3.05, 3.63) is 29.1 Å². The van der Waals surface area contributed by atoms with Gasteiger partial charge in [-0.15, -0.1) is 0 Å². The largest absolute Gasteiger partial charge is 0.496 e. The van der Waals surface area contributed by atoms with E-state index in [1.54, 1.807) is 13.2 Å². The van der Waals surface area contributed by atoms with Crippen molar-refractivity contribution >= 4 is 0 Å². The second kappa shape index (κ2) is 5.24. The van der Waals surface area contributed by atoms with Gasteiger partial charge < -0.3 is 10.5 Å². The third-order valence-corrected chi connectivity index (χ3v) is 3.91. The number of ether oxygens (including phenoxy) is 1. The molecule has 3 nitrogen and oxygen atoms in total. The Kier molecular flexibility index (Phi) is 3.88. The van der Waals surface area contributed by atoms with Crippen molar-refractivity contribution in [2.24, 2.45) is 11.7 Å². The Bertz CT molecular complexity index is 436. The smallest absolute Gasteiger partial charge is 0.127 e. The van der Waals surface area contributed by atoms with Crippen LogP contribution in [0.4, 0.5) is 4.39 Å². The molecule has 4 heteroatoms. The molecule has 0 amide bonds. The number of likely N-dealkylation sites (tertiary alicyclic amines) is 1. The standard InChI is InChI=1S/C14H21FN2O/c1-9-12(5-11(15)6-14(9)18-3)13-4-10(7-16)8-17(13)2/h5-6,10,13H,4,7-8,16H2,1-3H3. The molecule has 1 fully saturated rings. The maximum absolute atomic E-state index is 13.6. The Morgan fingerprint density at radius 2 is 2.22 bits per heavy atom. The normalized spacial score (nSPS) is 24.5. The Balaban J connectivity index is 2.36. The zero-order valence-electron chi connectivity index (χ0n) is 11.2. The van der Waals surface area contributed by atoms with Gasteiger partial charge in [0, 0.05) is 18.7 Å². The van der Waals surface area contributed by atoms with E-state index in [0.717, 1.165) is 24.1 Å². The molecule has 1 aromatic carbocycles. The third-order valence-electron chi connectivity index (χ3n) is 3.91. The lowest BCUT2D eigenvalue weighted by atomic mass is 9.95. The highest BCUT2D eigenvalue weighted by Gasteiger charge is 2.31. The number of halogens is 1. The Labute approximate surface area is 108 Å². The number of nitrogens with zero attached hydrogens (tertiary/aromatic N) is 1. The first-order valence-corrected chi connectivity index (χ1v) is 6.31. The van der Waals surface area contributed by atoms with Crippen molar-refractivity contribution in [3.8, 4) is 5.75 Å². The molecular formula is C14H21FN2O. The molecule has 0 radical (unpaired) electrons. The molecule has 1 saturated heterocycles. The fourth-order valence-electron chi connectivity index (χ4n) is 2.87. The summed E-state index contributed by atoms with van der Waals surface area (Å²) in [6.07, 6.45) is 0.987. The summed E-state index contributed by atoms with van der Waals surface area (Å²) in [5, 5.41) is 0. The molecule has 1 aliphatic rings. The second-order valence-corrected chi connectivity index (χ2v) is 5.12. The molecule has 2 unspecified atom stereocenters. The zero-order valence-corrected chi connectivity index (χ0v) is 11.2. The van der Waals surface area contributed by atoms with E-state index in [-0.39, 0.29) is 11.9 Å². The van der Waals surface area contributed by atoms with Crippen LogP contribution in [0.25, 0.3) is 0 Å². The van der Waals surface area contributed by atoms with E-state index in [4.69, 9.17) is 10.5 Å². The molecule has 100 valence electrons. The van der Waals surface area contributed by atoms with Gasteiger partial charge in [-0.05, 0) is 50.0 Å². The summed E-state index contributed by atoms with van der Waals surface area (Å²) in [6, 6.07) is 3.30. The van der Waals surface area contributed by atoms with Crippen LogP contribution >= 0.6 is 0 Å². The molecule has 1 aromatic rings. The molecule has 0 aromatic heterocycles. The van der Waals surface area contributed by atoms with Gasteiger partial charge in [0.15, 0.2) is 0 Å². The molecule has 18 heavy (non-hydrogen) atoms. The number of methoxy groups -OCH3 is 1. The maximum Gasteiger partial charge on any atom is 0.127 e. The predicted octanol–water partition coefficient (Wildman–Crippen LogP) is 2.09. The van der Waals surface area contributed by atoms with E-state index in [2.05, 4.69) is 11.9 Å². The van der Waals surface area contributed by atoms with Crippen molar-refractivity contribution < 1.29 is 9.13 Å². The highest BCUT2D eigenvalue weighted by atomic mass is 19.1. The average molecular weight is 252 g/mol. The molecular weight excluding hydrogens is 231 g/mol. The third kappa shape index (κ3) is 2.35. The van der Waals surface area contributed by atoms with Crippen LogP contribution in [0.1, 0.15) is 23.6 Å².